The molecule has 0 saturated carbocycles. The lowest BCUT2D eigenvalue weighted by Gasteiger charge is -2.13. The van der Waals surface area contributed by atoms with Crippen molar-refractivity contribution in [2.24, 2.45) is 5.73 Å². The van der Waals surface area contributed by atoms with Crippen LogP contribution in [0.15, 0.2) is 48.7 Å². The van der Waals surface area contributed by atoms with Crippen LogP contribution in [0.3, 0.4) is 0 Å². The highest BCUT2D eigenvalue weighted by molar-refractivity contribution is 7.18. The SMILES string of the molecule is NC(CNc1nnc(-c2ccc3[nH]ncc3c2)s1)Cc1cccc(C(F)(F)F)c1. The van der Waals surface area contributed by atoms with E-state index in [1.165, 1.54) is 17.4 Å². The summed E-state index contributed by atoms with van der Waals surface area (Å²) in [6.07, 6.45) is -2.30. The summed E-state index contributed by atoms with van der Waals surface area (Å²) >= 11 is 1.38. The van der Waals surface area contributed by atoms with Gasteiger partial charge in [-0.3, -0.25) is 5.10 Å². The molecule has 4 rings (SSSR count). The molecule has 10 heteroatoms. The van der Waals surface area contributed by atoms with Crippen LogP contribution in [-0.2, 0) is 12.6 Å². The topological polar surface area (TPSA) is 92.5 Å². The van der Waals surface area contributed by atoms with Crippen LogP contribution in [0.5, 0.6) is 0 Å². The first kappa shape index (κ1) is 19.3. The Hall–Kier alpha value is -2.98. The van der Waals surface area contributed by atoms with Gasteiger partial charge in [0.05, 0.1) is 17.3 Å². The van der Waals surface area contributed by atoms with Crippen LogP contribution in [0, 0.1) is 0 Å². The Morgan fingerprint density at radius 3 is 2.83 bits per heavy atom. The van der Waals surface area contributed by atoms with Crippen LogP contribution in [0.25, 0.3) is 21.5 Å². The van der Waals surface area contributed by atoms with Gasteiger partial charge >= 0.3 is 6.18 Å². The largest absolute Gasteiger partial charge is 0.416 e. The van der Waals surface area contributed by atoms with Crippen molar-refractivity contribution in [3.63, 3.8) is 0 Å². The Bertz CT molecular complexity index is 1120. The highest BCUT2D eigenvalue weighted by Crippen LogP contribution is 2.30. The number of anilines is 1. The van der Waals surface area contributed by atoms with Gasteiger partial charge in [-0.2, -0.15) is 18.3 Å². The first-order valence-corrected chi connectivity index (χ1v) is 9.63. The minimum Gasteiger partial charge on any atom is -0.359 e. The van der Waals surface area contributed by atoms with E-state index in [0.29, 0.717) is 23.7 Å². The fourth-order valence-corrected chi connectivity index (χ4v) is 3.70. The fraction of sp³-hybridized carbons (Fsp3) is 0.211. The molecule has 4 N–H and O–H groups in total. The highest BCUT2D eigenvalue weighted by Gasteiger charge is 2.30. The molecule has 0 radical (unpaired) electrons. The number of hydrogen-bond donors (Lipinski definition) is 3. The number of nitrogens with zero attached hydrogens (tertiary/aromatic N) is 3. The summed E-state index contributed by atoms with van der Waals surface area (Å²) in [7, 11) is 0. The summed E-state index contributed by atoms with van der Waals surface area (Å²) in [4.78, 5) is 0. The number of nitrogens with two attached hydrogens (primary N) is 1. The van der Waals surface area contributed by atoms with Crippen LogP contribution < -0.4 is 11.1 Å². The van der Waals surface area contributed by atoms with Gasteiger partial charge in [-0.1, -0.05) is 29.5 Å². The number of halogens is 3. The van der Waals surface area contributed by atoms with Gasteiger partial charge in [0.1, 0.15) is 5.01 Å². The summed E-state index contributed by atoms with van der Waals surface area (Å²) in [6, 6.07) is 10.7. The van der Waals surface area contributed by atoms with Crippen molar-refractivity contribution in [1.29, 1.82) is 0 Å². The number of aromatic nitrogens is 4. The number of benzene rings is 2. The van der Waals surface area contributed by atoms with E-state index >= 15 is 0 Å². The monoisotopic (exact) mass is 418 g/mol. The Kier molecular flexibility index (Phi) is 5.20. The van der Waals surface area contributed by atoms with E-state index in [2.05, 4.69) is 25.7 Å². The van der Waals surface area contributed by atoms with Crippen LogP contribution in [-0.4, -0.2) is 33.0 Å². The molecule has 0 fully saturated rings. The summed E-state index contributed by atoms with van der Waals surface area (Å²) in [5.41, 5.74) is 7.83. The highest BCUT2D eigenvalue weighted by atomic mass is 32.1. The van der Waals surface area contributed by atoms with Crippen LogP contribution >= 0.6 is 11.3 Å². The number of rotatable bonds is 6. The van der Waals surface area contributed by atoms with Crippen molar-refractivity contribution in [2.45, 2.75) is 18.6 Å². The number of alkyl halides is 3. The van der Waals surface area contributed by atoms with Gasteiger partial charge in [0.15, 0.2) is 0 Å². The molecule has 0 aliphatic heterocycles. The Morgan fingerprint density at radius 1 is 1.14 bits per heavy atom. The molecule has 2 aromatic carbocycles. The quantitative estimate of drug-likeness (QED) is 0.439. The Labute approximate surface area is 168 Å². The van der Waals surface area contributed by atoms with Crippen molar-refractivity contribution in [3.8, 4) is 10.6 Å². The zero-order valence-corrected chi connectivity index (χ0v) is 15.9. The van der Waals surface area contributed by atoms with E-state index in [-0.39, 0.29) is 6.04 Å². The average Bonchev–Trinajstić information content (AvgIpc) is 3.34. The average molecular weight is 418 g/mol. The molecular weight excluding hydrogens is 401 g/mol. The normalized spacial score (nSPS) is 13.0. The molecule has 6 nitrogen and oxygen atoms in total. The van der Waals surface area contributed by atoms with Crippen molar-refractivity contribution >= 4 is 27.4 Å². The number of H-pyrrole nitrogens is 1. The zero-order valence-electron chi connectivity index (χ0n) is 15.1. The van der Waals surface area contributed by atoms with E-state index in [1.807, 2.05) is 18.2 Å². The molecule has 0 spiro atoms. The van der Waals surface area contributed by atoms with Crippen molar-refractivity contribution in [1.82, 2.24) is 20.4 Å². The maximum atomic E-state index is 12.8. The predicted molar refractivity (Wildman–Crippen MR) is 107 cm³/mol. The smallest absolute Gasteiger partial charge is 0.359 e. The maximum absolute atomic E-state index is 12.8. The summed E-state index contributed by atoms with van der Waals surface area (Å²) in [5.74, 6) is 0. The van der Waals surface area contributed by atoms with Crippen molar-refractivity contribution in [2.75, 3.05) is 11.9 Å². The number of hydrogen-bond acceptors (Lipinski definition) is 6. The minimum atomic E-state index is -4.36. The summed E-state index contributed by atoms with van der Waals surface area (Å²) in [6.45, 7) is 0.367. The van der Waals surface area contributed by atoms with Gasteiger partial charge in [0, 0.05) is 23.5 Å². The third-order valence-electron chi connectivity index (χ3n) is 4.38. The lowest BCUT2D eigenvalue weighted by Crippen LogP contribution is -2.31. The minimum absolute atomic E-state index is 0.319. The van der Waals surface area contributed by atoms with Crippen molar-refractivity contribution < 1.29 is 13.2 Å². The lowest BCUT2D eigenvalue weighted by atomic mass is 10.0. The number of fused-ring (bicyclic) bond motifs is 1. The number of nitrogens with one attached hydrogen (secondary N) is 2. The third kappa shape index (κ3) is 4.54. The molecule has 29 heavy (non-hydrogen) atoms. The first-order valence-electron chi connectivity index (χ1n) is 8.81. The van der Waals surface area contributed by atoms with E-state index in [1.54, 1.807) is 12.3 Å². The van der Waals surface area contributed by atoms with Crippen LogP contribution in [0.4, 0.5) is 18.3 Å². The van der Waals surface area contributed by atoms with E-state index in [4.69, 9.17) is 5.73 Å². The van der Waals surface area contributed by atoms with Crippen LogP contribution in [0.1, 0.15) is 11.1 Å². The Balaban J connectivity index is 1.37. The molecule has 4 aromatic rings. The van der Waals surface area contributed by atoms with Gasteiger partial charge in [-0.15, -0.1) is 10.2 Å². The molecule has 150 valence electrons. The first-order chi connectivity index (χ1) is 13.9. The molecule has 1 atom stereocenters. The summed E-state index contributed by atoms with van der Waals surface area (Å²) < 4.78 is 38.5. The zero-order chi connectivity index (χ0) is 20.4. The van der Waals surface area contributed by atoms with E-state index < -0.39 is 11.7 Å². The molecule has 0 bridgehead atoms. The standard InChI is InChI=1S/C19H17F3N6S/c20-19(21,22)14-3-1-2-11(6-14)7-15(23)10-24-18-28-27-17(29-18)12-4-5-16-13(8-12)9-25-26-16/h1-6,8-9,15H,7,10,23H2,(H,24,28)(H,25,26). The third-order valence-corrected chi connectivity index (χ3v) is 5.31. The second kappa shape index (κ2) is 7.80. The van der Waals surface area contributed by atoms with Gasteiger partial charge in [0.25, 0.3) is 0 Å². The molecule has 0 aliphatic carbocycles. The molecule has 2 heterocycles. The second-order valence-electron chi connectivity index (χ2n) is 6.63. The van der Waals surface area contributed by atoms with E-state index in [0.717, 1.165) is 33.6 Å². The molecule has 1 unspecified atom stereocenters. The van der Waals surface area contributed by atoms with Crippen molar-refractivity contribution in [3.05, 3.63) is 59.8 Å². The molecule has 0 saturated heterocycles. The summed E-state index contributed by atoms with van der Waals surface area (Å²) in [5, 5.41) is 20.6. The predicted octanol–water partition coefficient (Wildman–Crippen LogP) is 4.08. The molecule has 0 aliphatic rings. The molecule has 2 aromatic heterocycles. The van der Waals surface area contributed by atoms with Gasteiger partial charge in [-0.05, 0) is 36.2 Å². The van der Waals surface area contributed by atoms with Crippen LogP contribution in [0.2, 0.25) is 0 Å². The second-order valence-corrected chi connectivity index (χ2v) is 7.61. The van der Waals surface area contributed by atoms with Gasteiger partial charge in [-0.25, -0.2) is 0 Å². The Morgan fingerprint density at radius 2 is 2.00 bits per heavy atom. The van der Waals surface area contributed by atoms with Gasteiger partial charge in [0.2, 0.25) is 5.13 Å². The lowest BCUT2D eigenvalue weighted by molar-refractivity contribution is -0.137. The number of aromatic amines is 1. The maximum Gasteiger partial charge on any atom is 0.416 e. The van der Waals surface area contributed by atoms with Gasteiger partial charge < -0.3 is 11.1 Å². The molecule has 0 amide bonds. The van der Waals surface area contributed by atoms with E-state index in [9.17, 15) is 13.2 Å². The fourth-order valence-electron chi connectivity index (χ4n) is 2.96. The molecular formula is C19H17F3N6S.